The number of amides is 2. The van der Waals surface area contributed by atoms with Gasteiger partial charge in [-0.1, -0.05) is 53.0 Å². The minimum absolute atomic E-state index is 0.0558. The van der Waals surface area contributed by atoms with Gasteiger partial charge in [0.2, 0.25) is 0 Å². The minimum atomic E-state index is -0.226. The maximum Gasteiger partial charge on any atom is 0.321 e. The lowest BCUT2D eigenvalue weighted by atomic mass is 9.76. The molecule has 1 aliphatic heterocycles. The zero-order chi connectivity index (χ0) is 23.4. The Labute approximate surface area is 213 Å². The number of benzene rings is 2. The lowest BCUT2D eigenvalue weighted by Crippen LogP contribution is -2.43. The van der Waals surface area contributed by atoms with Crippen LogP contribution in [0.15, 0.2) is 58.4 Å². The maximum absolute atomic E-state index is 12.5. The third-order valence-corrected chi connectivity index (χ3v) is 8.23. The van der Waals surface area contributed by atoms with Gasteiger partial charge < -0.3 is 15.5 Å². The highest BCUT2D eigenvalue weighted by atomic mass is 79.9. The van der Waals surface area contributed by atoms with E-state index in [0.29, 0.717) is 11.7 Å². The summed E-state index contributed by atoms with van der Waals surface area (Å²) < 4.78 is 1.08. The van der Waals surface area contributed by atoms with E-state index in [2.05, 4.69) is 90.7 Å². The van der Waals surface area contributed by atoms with Crippen LogP contribution in [0.25, 0.3) is 0 Å². The number of rotatable bonds is 6. The molecule has 6 nitrogen and oxygen atoms in total. The highest BCUT2D eigenvalue weighted by Crippen LogP contribution is 2.47. The standard InChI is InChI=1S/C26H30BrN5OS/c27-21-7-5-20(6-8-21)26(11-1-2-12-26)23-18-34-25(30-23)31-24(33)29-17-19-3-9-22(10-4-19)32-15-13-28-14-16-32/h3-10,18,28H,1-2,11-17H2,(H2,29,30,31,33). The van der Waals surface area contributed by atoms with Crippen LogP contribution in [0.2, 0.25) is 0 Å². The first-order valence-electron chi connectivity index (χ1n) is 11.9. The third kappa shape index (κ3) is 5.14. The van der Waals surface area contributed by atoms with Crippen LogP contribution in [0.3, 0.4) is 0 Å². The van der Waals surface area contributed by atoms with Gasteiger partial charge in [-0.25, -0.2) is 9.78 Å². The van der Waals surface area contributed by atoms with Gasteiger partial charge in [-0.15, -0.1) is 11.3 Å². The number of hydrogen-bond donors (Lipinski definition) is 3. The fourth-order valence-electron chi connectivity index (χ4n) is 5.06. The molecular weight excluding hydrogens is 510 g/mol. The molecule has 3 N–H and O–H groups in total. The summed E-state index contributed by atoms with van der Waals surface area (Å²) in [5.41, 5.74) is 4.63. The molecule has 1 saturated carbocycles. The molecule has 0 spiro atoms. The Balaban J connectivity index is 1.19. The molecule has 1 aromatic heterocycles. The SMILES string of the molecule is O=C(NCc1ccc(N2CCNCC2)cc1)Nc1nc(C2(c3ccc(Br)cc3)CCCC2)cs1. The van der Waals surface area contributed by atoms with Gasteiger partial charge in [-0.05, 0) is 48.2 Å². The molecule has 1 aliphatic carbocycles. The number of nitrogens with zero attached hydrogens (tertiary/aromatic N) is 2. The average Bonchev–Trinajstić information content (AvgIpc) is 3.55. The van der Waals surface area contributed by atoms with Crippen molar-refractivity contribution in [2.24, 2.45) is 0 Å². The molecule has 5 rings (SSSR count). The van der Waals surface area contributed by atoms with E-state index in [0.717, 1.165) is 54.8 Å². The van der Waals surface area contributed by atoms with Gasteiger partial charge in [-0.3, -0.25) is 5.32 Å². The van der Waals surface area contributed by atoms with Crippen molar-refractivity contribution in [3.63, 3.8) is 0 Å². The first-order chi connectivity index (χ1) is 16.6. The van der Waals surface area contributed by atoms with E-state index in [1.807, 2.05) is 0 Å². The third-order valence-electron chi connectivity index (χ3n) is 6.94. The van der Waals surface area contributed by atoms with E-state index in [4.69, 9.17) is 4.98 Å². The van der Waals surface area contributed by atoms with E-state index < -0.39 is 0 Å². The molecule has 2 aliphatic rings. The summed E-state index contributed by atoms with van der Waals surface area (Å²) in [6.45, 7) is 4.57. The number of urea groups is 1. The van der Waals surface area contributed by atoms with Gasteiger partial charge in [0.15, 0.2) is 5.13 Å². The lowest BCUT2D eigenvalue weighted by molar-refractivity contribution is 0.251. The number of piperazine rings is 1. The van der Waals surface area contributed by atoms with Gasteiger partial charge in [0.25, 0.3) is 0 Å². The van der Waals surface area contributed by atoms with E-state index in [-0.39, 0.29) is 11.4 Å². The molecule has 3 aromatic rings. The Morgan fingerprint density at radius 1 is 1.06 bits per heavy atom. The Morgan fingerprint density at radius 3 is 2.47 bits per heavy atom. The lowest BCUT2D eigenvalue weighted by Gasteiger charge is -2.29. The molecule has 0 bridgehead atoms. The van der Waals surface area contributed by atoms with Crippen LogP contribution < -0.4 is 20.9 Å². The van der Waals surface area contributed by atoms with Gasteiger partial charge in [0, 0.05) is 53.7 Å². The largest absolute Gasteiger partial charge is 0.369 e. The van der Waals surface area contributed by atoms with Crippen LogP contribution in [0, 0.1) is 0 Å². The van der Waals surface area contributed by atoms with Crippen molar-refractivity contribution in [1.29, 1.82) is 0 Å². The zero-order valence-electron chi connectivity index (χ0n) is 19.1. The Kier molecular flexibility index (Phi) is 7.18. The molecule has 8 heteroatoms. The molecule has 0 atom stereocenters. The number of carbonyl (C=O) groups is 1. The van der Waals surface area contributed by atoms with E-state index in [1.54, 1.807) is 0 Å². The van der Waals surface area contributed by atoms with Crippen LogP contribution in [0.4, 0.5) is 15.6 Å². The first-order valence-corrected chi connectivity index (χ1v) is 13.6. The smallest absolute Gasteiger partial charge is 0.321 e. The van der Waals surface area contributed by atoms with Crippen LogP contribution in [-0.2, 0) is 12.0 Å². The second-order valence-corrected chi connectivity index (χ2v) is 10.8. The second-order valence-electron chi connectivity index (χ2n) is 9.05. The molecule has 2 aromatic carbocycles. The molecule has 1 saturated heterocycles. The maximum atomic E-state index is 12.5. The van der Waals surface area contributed by atoms with Crippen LogP contribution in [0.1, 0.15) is 42.5 Å². The van der Waals surface area contributed by atoms with Gasteiger partial charge in [0.05, 0.1) is 5.69 Å². The summed E-state index contributed by atoms with van der Waals surface area (Å²) in [5.74, 6) is 0. The molecule has 0 unspecified atom stereocenters. The average molecular weight is 541 g/mol. The monoisotopic (exact) mass is 539 g/mol. The number of aromatic nitrogens is 1. The Hall–Kier alpha value is -2.42. The van der Waals surface area contributed by atoms with Crippen molar-refractivity contribution in [2.75, 3.05) is 36.4 Å². The summed E-state index contributed by atoms with van der Waals surface area (Å²) in [4.78, 5) is 19.8. The fourth-order valence-corrected chi connectivity index (χ4v) is 6.13. The van der Waals surface area contributed by atoms with Crippen molar-refractivity contribution in [1.82, 2.24) is 15.6 Å². The van der Waals surface area contributed by atoms with Crippen molar-refractivity contribution >= 4 is 44.1 Å². The zero-order valence-corrected chi connectivity index (χ0v) is 21.6. The summed E-state index contributed by atoms with van der Waals surface area (Å²) in [6.07, 6.45) is 4.58. The van der Waals surface area contributed by atoms with Crippen LogP contribution in [-0.4, -0.2) is 37.2 Å². The van der Waals surface area contributed by atoms with Crippen LogP contribution >= 0.6 is 27.3 Å². The number of halogens is 1. The summed E-state index contributed by atoms with van der Waals surface area (Å²) in [5, 5.41) is 12.0. The Morgan fingerprint density at radius 2 is 1.76 bits per heavy atom. The van der Waals surface area contributed by atoms with Crippen molar-refractivity contribution in [3.05, 3.63) is 75.2 Å². The summed E-state index contributed by atoms with van der Waals surface area (Å²) in [6, 6.07) is 16.8. The summed E-state index contributed by atoms with van der Waals surface area (Å²) in [7, 11) is 0. The molecule has 178 valence electrons. The number of nitrogens with one attached hydrogen (secondary N) is 3. The summed E-state index contributed by atoms with van der Waals surface area (Å²) >= 11 is 5.04. The van der Waals surface area contributed by atoms with Gasteiger partial charge in [0.1, 0.15) is 0 Å². The molecule has 0 radical (unpaired) electrons. The molecule has 2 heterocycles. The minimum Gasteiger partial charge on any atom is -0.369 e. The normalized spacial score (nSPS) is 17.5. The predicted molar refractivity (Wildman–Crippen MR) is 143 cm³/mol. The van der Waals surface area contributed by atoms with E-state index in [1.165, 1.54) is 35.4 Å². The number of anilines is 2. The fraction of sp³-hybridized carbons (Fsp3) is 0.385. The second kappa shape index (κ2) is 10.5. The highest BCUT2D eigenvalue weighted by Gasteiger charge is 2.39. The molecular formula is C26H30BrN5OS. The first kappa shape index (κ1) is 23.3. The van der Waals surface area contributed by atoms with Crippen molar-refractivity contribution in [2.45, 2.75) is 37.6 Å². The quantitative estimate of drug-likeness (QED) is 0.387. The van der Waals surface area contributed by atoms with Crippen molar-refractivity contribution in [3.8, 4) is 0 Å². The molecule has 34 heavy (non-hydrogen) atoms. The van der Waals surface area contributed by atoms with Gasteiger partial charge >= 0.3 is 6.03 Å². The topological polar surface area (TPSA) is 69.3 Å². The Bertz CT molecular complexity index is 1100. The van der Waals surface area contributed by atoms with E-state index in [9.17, 15) is 4.79 Å². The van der Waals surface area contributed by atoms with E-state index >= 15 is 0 Å². The number of hydrogen-bond acceptors (Lipinski definition) is 5. The van der Waals surface area contributed by atoms with Crippen molar-refractivity contribution < 1.29 is 4.79 Å². The molecule has 2 amide bonds. The number of carbonyl (C=O) groups excluding carboxylic acids is 1. The molecule has 2 fully saturated rings. The predicted octanol–water partition coefficient (Wildman–Crippen LogP) is 5.50. The highest BCUT2D eigenvalue weighted by molar-refractivity contribution is 9.10. The van der Waals surface area contributed by atoms with Crippen LogP contribution in [0.5, 0.6) is 0 Å². The number of thiazole rings is 1. The van der Waals surface area contributed by atoms with Gasteiger partial charge in [-0.2, -0.15) is 0 Å².